The first kappa shape index (κ1) is 61.8. The van der Waals surface area contributed by atoms with Crippen LogP contribution in [0.2, 0.25) is 0 Å². The topological polar surface area (TPSA) is 251 Å². The molecule has 2 aromatic carbocycles. The predicted octanol–water partition coefficient (Wildman–Crippen LogP) is 8.61. The molecule has 2 saturated carbocycles. The Balaban J connectivity index is 0.000000229. The van der Waals surface area contributed by atoms with Gasteiger partial charge in [0.2, 0.25) is 0 Å². The molecule has 8 aromatic rings. The van der Waals surface area contributed by atoms with Crippen molar-refractivity contribution in [2.45, 2.75) is 89.1 Å². The number of fused-ring (bicyclic) bond motifs is 2. The first-order valence-electron chi connectivity index (χ1n) is 24.9. The van der Waals surface area contributed by atoms with Gasteiger partial charge in [-0.3, -0.25) is 9.59 Å². The molecule has 2 aliphatic heterocycles. The third-order valence-electron chi connectivity index (χ3n) is 12.9. The number of aryl methyl sites for hydroxylation is 2. The molecule has 0 spiro atoms. The van der Waals surface area contributed by atoms with Crippen molar-refractivity contribution in [1.29, 1.82) is 0 Å². The number of halogens is 3. The van der Waals surface area contributed by atoms with Crippen LogP contribution in [0.25, 0.3) is 34.4 Å². The number of aliphatic hydroxyl groups excluding tert-OH is 2. The quantitative estimate of drug-likeness (QED) is 0.0505. The maximum atomic E-state index is 15.1. The molecule has 2 amide bonds. The van der Waals surface area contributed by atoms with Crippen molar-refractivity contribution in [3.8, 4) is 45.9 Å². The number of alkyl halides is 1. The number of imidazole rings is 2. The zero-order valence-electron chi connectivity index (χ0n) is 43.4. The van der Waals surface area contributed by atoms with Gasteiger partial charge in [-0.25, -0.2) is 28.7 Å². The van der Waals surface area contributed by atoms with Gasteiger partial charge in [0.15, 0.2) is 11.6 Å². The van der Waals surface area contributed by atoms with E-state index in [1.54, 1.807) is 58.3 Å². The molecule has 6 aromatic heterocycles. The Morgan fingerprint density at radius 1 is 0.658 bits per heavy atom. The van der Waals surface area contributed by atoms with Crippen molar-refractivity contribution in [2.75, 3.05) is 35.8 Å². The average molecular weight is 1490 g/mol. The van der Waals surface area contributed by atoms with Gasteiger partial charge in [0.1, 0.15) is 64.4 Å². The second-order valence-corrected chi connectivity index (χ2v) is 19.2. The Bertz CT molecular complexity index is 3360. The van der Waals surface area contributed by atoms with Crippen molar-refractivity contribution in [3.05, 3.63) is 146 Å². The van der Waals surface area contributed by atoms with E-state index in [2.05, 4.69) is 71.5 Å². The molecular formula is C54H59BrF2N14O6W2-2. The summed E-state index contributed by atoms with van der Waals surface area (Å²) >= 11 is 3.00. The summed E-state index contributed by atoms with van der Waals surface area (Å²) in [6.07, 6.45) is 17.2. The van der Waals surface area contributed by atoms with Gasteiger partial charge in [0.25, 0.3) is 11.8 Å². The summed E-state index contributed by atoms with van der Waals surface area (Å²) in [6.45, 7) is 1.66. The maximum absolute atomic E-state index is 15.1. The fourth-order valence-corrected chi connectivity index (χ4v) is 8.86. The van der Waals surface area contributed by atoms with Gasteiger partial charge >= 0.3 is 0 Å². The molecule has 0 bridgehead atoms. The van der Waals surface area contributed by atoms with Crippen LogP contribution in [0.15, 0.2) is 85.7 Å². The Labute approximate surface area is 492 Å². The first-order valence-corrected chi connectivity index (χ1v) is 26.0. The number of aliphatic hydroxyl groups is 2. The summed E-state index contributed by atoms with van der Waals surface area (Å²) in [6, 6.07) is 15.2. The molecule has 0 atom stereocenters. The number of phenolic OH excluding ortho intramolecular Hbond substituents is 1. The number of phenols is 1. The fraction of sp³-hybridized carbons (Fsp3) is 0.333. The molecule has 25 heteroatoms. The fourth-order valence-electron chi connectivity index (χ4n) is 8.86. The number of anilines is 2. The second kappa shape index (κ2) is 28.2. The van der Waals surface area contributed by atoms with Gasteiger partial charge in [-0.15, -0.1) is 20.4 Å². The number of aromatic nitrogens is 12. The third kappa shape index (κ3) is 14.5. The van der Waals surface area contributed by atoms with Crippen LogP contribution in [0.1, 0.15) is 107 Å². The van der Waals surface area contributed by atoms with E-state index in [0.717, 1.165) is 112 Å². The van der Waals surface area contributed by atoms with Crippen LogP contribution in [0.4, 0.5) is 20.4 Å². The molecule has 12 rings (SSSR count). The van der Waals surface area contributed by atoms with Gasteiger partial charge < -0.3 is 63.8 Å². The number of benzene rings is 2. The number of hydrogen-bond acceptors (Lipinski definition) is 14. The van der Waals surface area contributed by atoms with Gasteiger partial charge in [-0.05, 0) is 87.8 Å². The molecule has 0 radical (unpaired) electrons. The van der Waals surface area contributed by atoms with E-state index in [1.807, 2.05) is 16.8 Å². The summed E-state index contributed by atoms with van der Waals surface area (Å²) in [5.74, 6) is 1.60. The number of pyridine rings is 2. The molecule has 0 unspecified atom stereocenters. The van der Waals surface area contributed by atoms with Crippen LogP contribution in [-0.4, -0.2) is 111 Å². The molecular weight excluding hydrogens is 1430 g/mol. The van der Waals surface area contributed by atoms with E-state index < -0.39 is 23.4 Å². The minimum atomic E-state index is -0.830. The standard InChI is InChI=1S/C26H26FN7O3.C24H22FN7O2.C2H5BrO.2CH3.2W/c27-18-13-22(37-11-10-35)21(33-14-20(28-15-33)16-7-8-16)12-17(18)26(36)30-23-5-3-4-19(29-23)25-32-31-24-6-1-2-9-34(24)25;25-16-11-20(33)19(31-12-18(26-13-31)14-7-8-14)10-15(16)24(34)28-21-5-3-4-17(27-21)23-30-29-22-6-1-2-9-32(22)23;3-1-2-4;;;;/h3-5,12-16,35H,1-2,6-11H2,(H,29,30,36);3-5,10-14,33H,1-2,6-9H2,(H,27,28,34);4H,1-2H2;2*1H3;;/q;;;2*-1;;. The number of hydrogen-bond donors (Lipinski definition) is 5. The number of carbonyl (C=O) groups is 2. The molecule has 2 aliphatic carbocycles. The number of aromatic hydroxyl groups is 1. The van der Waals surface area contributed by atoms with E-state index in [0.29, 0.717) is 45.9 Å². The van der Waals surface area contributed by atoms with Crippen molar-refractivity contribution in [2.24, 2.45) is 0 Å². The second-order valence-electron chi connectivity index (χ2n) is 18.4. The SMILES string of the molecule is O=C(Nc1cccc(-c2nnc3n2CCCC3)n1)c1cc(-n2cnc(C3CC3)c2)c(O)cc1F.O=C(Nc1cccc(-c2nnc3n2CCCC3)n1)c1cc(-n2cnc(C3CC3)c2)c(OCCO)cc1F.OCCBr.[CH3-].[CH3-].[W].[W]. The van der Waals surface area contributed by atoms with Crippen LogP contribution in [0, 0.1) is 26.5 Å². The minimum absolute atomic E-state index is 0. The molecule has 0 saturated heterocycles. The smallest absolute Gasteiger partial charge is 0.259 e. The summed E-state index contributed by atoms with van der Waals surface area (Å²) in [5.41, 5.74) is 3.39. The maximum Gasteiger partial charge on any atom is 0.259 e. The number of nitrogens with zero attached hydrogens (tertiary/aromatic N) is 12. The average Bonchev–Trinajstić information content (AvgIpc) is 4.29. The van der Waals surface area contributed by atoms with Crippen molar-refractivity contribution in [1.82, 2.24) is 58.6 Å². The summed E-state index contributed by atoms with van der Waals surface area (Å²) in [4.78, 5) is 44.0. The number of rotatable bonds is 14. The van der Waals surface area contributed by atoms with Crippen LogP contribution in [-0.2, 0) is 68.1 Å². The Morgan fingerprint density at radius 2 is 1.13 bits per heavy atom. The zero-order valence-corrected chi connectivity index (χ0v) is 50.9. The molecule has 8 heterocycles. The molecule has 416 valence electrons. The normalized spacial score (nSPS) is 13.9. The van der Waals surface area contributed by atoms with Crippen LogP contribution >= 0.6 is 15.9 Å². The molecule has 20 nitrogen and oxygen atoms in total. The summed E-state index contributed by atoms with van der Waals surface area (Å²) in [7, 11) is 0. The van der Waals surface area contributed by atoms with Gasteiger partial charge in [-0.1, -0.05) is 28.1 Å². The third-order valence-corrected chi connectivity index (χ3v) is 13.3. The van der Waals surface area contributed by atoms with Crippen LogP contribution < -0.4 is 15.4 Å². The van der Waals surface area contributed by atoms with Crippen LogP contribution in [0.5, 0.6) is 11.5 Å². The zero-order chi connectivity index (χ0) is 52.0. The van der Waals surface area contributed by atoms with Gasteiger partial charge in [0.05, 0.1) is 59.8 Å². The molecule has 5 N–H and O–H groups in total. The van der Waals surface area contributed by atoms with E-state index in [4.69, 9.17) is 9.84 Å². The first-order chi connectivity index (χ1) is 36.6. The van der Waals surface area contributed by atoms with Crippen molar-refractivity contribution < 1.29 is 80.6 Å². The largest absolute Gasteiger partial charge is 0.506 e. The molecule has 2 fully saturated rings. The Kier molecular flexibility index (Phi) is 22.0. The van der Waals surface area contributed by atoms with Crippen molar-refractivity contribution in [3.63, 3.8) is 0 Å². The van der Waals surface area contributed by atoms with Gasteiger partial charge in [-0.2, -0.15) is 0 Å². The number of nitrogens with one attached hydrogen (secondary N) is 2. The summed E-state index contributed by atoms with van der Waals surface area (Å²) in [5, 5.41) is 50.5. The Hall–Kier alpha value is -6.38. The van der Waals surface area contributed by atoms with E-state index in [-0.39, 0.29) is 117 Å². The predicted molar refractivity (Wildman–Crippen MR) is 287 cm³/mol. The Morgan fingerprint density at radius 3 is 1.59 bits per heavy atom. The van der Waals surface area contributed by atoms with Crippen LogP contribution in [0.3, 0.4) is 0 Å². The molecule has 4 aliphatic rings. The number of amides is 2. The summed E-state index contributed by atoms with van der Waals surface area (Å²) < 4.78 is 42.7. The molecule has 79 heavy (non-hydrogen) atoms. The van der Waals surface area contributed by atoms with Crippen molar-refractivity contribution >= 4 is 39.4 Å². The van der Waals surface area contributed by atoms with Gasteiger partial charge in [0, 0.05) is 110 Å². The number of carbonyl (C=O) groups excluding carboxylic acids is 2. The van der Waals surface area contributed by atoms with E-state index >= 15 is 4.39 Å². The minimum Gasteiger partial charge on any atom is -0.506 e. The monoisotopic (exact) mass is 1480 g/mol. The number of ether oxygens (including phenoxy) is 1. The van der Waals surface area contributed by atoms with E-state index in [9.17, 15) is 24.2 Å². The van der Waals surface area contributed by atoms with E-state index in [1.165, 1.54) is 12.1 Å².